The largest absolute Gasteiger partial charge is 0.393 e. The molecule has 0 aliphatic heterocycles. The number of aromatic nitrogens is 4. The molecular formula is C10H14N4O. The van der Waals surface area contributed by atoms with Gasteiger partial charge in [0.1, 0.15) is 6.33 Å². The van der Waals surface area contributed by atoms with E-state index >= 15 is 0 Å². The molecule has 0 bridgehead atoms. The highest BCUT2D eigenvalue weighted by Crippen LogP contribution is 2.15. The molecule has 0 saturated carbocycles. The summed E-state index contributed by atoms with van der Waals surface area (Å²) in [7, 11) is 1.84. The molecule has 1 unspecified atom stereocenters. The first-order chi connectivity index (χ1) is 7.22. The molecule has 2 rings (SSSR count). The molecule has 15 heavy (non-hydrogen) atoms. The van der Waals surface area contributed by atoms with Crippen molar-refractivity contribution in [2.45, 2.75) is 25.9 Å². The zero-order chi connectivity index (χ0) is 10.8. The van der Waals surface area contributed by atoms with Crippen molar-refractivity contribution in [3.63, 3.8) is 0 Å². The third kappa shape index (κ3) is 1.83. The molecule has 0 aromatic carbocycles. The van der Waals surface area contributed by atoms with Crippen LogP contribution < -0.4 is 0 Å². The second-order valence-electron chi connectivity index (χ2n) is 3.59. The third-order valence-electron chi connectivity index (χ3n) is 2.51. The van der Waals surface area contributed by atoms with E-state index in [0.29, 0.717) is 6.42 Å². The molecule has 0 saturated heterocycles. The number of aryl methyl sites for hydroxylation is 1. The molecule has 2 aromatic heterocycles. The number of nitrogens with zero attached hydrogens (tertiary/aromatic N) is 4. The molecule has 5 nitrogen and oxygen atoms in total. The first-order valence-electron chi connectivity index (χ1n) is 5.02. The lowest BCUT2D eigenvalue weighted by Gasteiger charge is -2.06. The molecule has 0 aliphatic carbocycles. The van der Waals surface area contributed by atoms with Gasteiger partial charge in [-0.1, -0.05) is 6.92 Å². The van der Waals surface area contributed by atoms with E-state index in [1.54, 1.807) is 10.9 Å². The van der Waals surface area contributed by atoms with E-state index in [9.17, 15) is 5.11 Å². The second-order valence-corrected chi connectivity index (χ2v) is 3.59. The highest BCUT2D eigenvalue weighted by atomic mass is 16.3. The quantitative estimate of drug-likeness (QED) is 0.802. The highest BCUT2D eigenvalue weighted by Gasteiger charge is 2.10. The highest BCUT2D eigenvalue weighted by molar-refractivity contribution is 5.76. The molecule has 2 heterocycles. The normalized spacial score (nSPS) is 13.3. The Morgan fingerprint density at radius 3 is 3.00 bits per heavy atom. The maximum Gasteiger partial charge on any atom is 0.161 e. The Morgan fingerprint density at radius 2 is 2.27 bits per heavy atom. The summed E-state index contributed by atoms with van der Waals surface area (Å²) in [5, 5.41) is 14.6. The number of hydrogen-bond acceptors (Lipinski definition) is 4. The predicted octanol–water partition coefficient (Wildman–Crippen LogP) is 0.677. The van der Waals surface area contributed by atoms with Gasteiger partial charge < -0.3 is 5.11 Å². The molecule has 0 aliphatic rings. The monoisotopic (exact) mass is 206 g/mol. The number of hydrogen-bond donors (Lipinski definition) is 1. The molecule has 0 spiro atoms. The van der Waals surface area contributed by atoms with Gasteiger partial charge in [0.2, 0.25) is 0 Å². The van der Waals surface area contributed by atoms with E-state index in [1.165, 1.54) is 6.33 Å². The van der Waals surface area contributed by atoms with Crippen LogP contribution in [0, 0.1) is 0 Å². The lowest BCUT2D eigenvalue weighted by atomic mass is 10.1. The van der Waals surface area contributed by atoms with Crippen LogP contribution >= 0.6 is 0 Å². The molecule has 2 aromatic rings. The Balaban J connectivity index is 2.43. The standard InChI is InChI=1S/C10H14N4O/c1-3-7(15)4-9-8-5-13-14(2)10(8)12-6-11-9/h5-7,15H,3-4H2,1-2H3. The van der Waals surface area contributed by atoms with Gasteiger partial charge in [-0.25, -0.2) is 9.97 Å². The molecule has 1 atom stereocenters. The van der Waals surface area contributed by atoms with Gasteiger partial charge in [0.25, 0.3) is 0 Å². The van der Waals surface area contributed by atoms with E-state index in [-0.39, 0.29) is 6.10 Å². The average Bonchev–Trinajstić information content (AvgIpc) is 2.62. The topological polar surface area (TPSA) is 63.8 Å². The zero-order valence-corrected chi connectivity index (χ0v) is 8.88. The Kier molecular flexibility index (Phi) is 2.64. The zero-order valence-electron chi connectivity index (χ0n) is 8.88. The van der Waals surface area contributed by atoms with Gasteiger partial charge in [0.05, 0.1) is 23.4 Å². The van der Waals surface area contributed by atoms with Crippen molar-refractivity contribution in [2.24, 2.45) is 7.05 Å². The van der Waals surface area contributed by atoms with E-state index in [2.05, 4.69) is 15.1 Å². The van der Waals surface area contributed by atoms with Gasteiger partial charge in [0.15, 0.2) is 5.65 Å². The van der Waals surface area contributed by atoms with E-state index in [0.717, 1.165) is 23.1 Å². The van der Waals surface area contributed by atoms with Crippen LogP contribution in [0.2, 0.25) is 0 Å². The molecule has 0 fully saturated rings. The first kappa shape index (κ1) is 10.0. The Labute approximate surface area is 87.8 Å². The van der Waals surface area contributed by atoms with E-state index in [4.69, 9.17) is 0 Å². The maximum atomic E-state index is 9.59. The number of aliphatic hydroxyl groups excluding tert-OH is 1. The van der Waals surface area contributed by atoms with Gasteiger partial charge >= 0.3 is 0 Å². The Bertz CT molecular complexity index is 465. The van der Waals surface area contributed by atoms with Crippen molar-refractivity contribution in [3.05, 3.63) is 18.2 Å². The van der Waals surface area contributed by atoms with Crippen molar-refractivity contribution < 1.29 is 5.11 Å². The number of fused-ring (bicyclic) bond motifs is 1. The van der Waals surface area contributed by atoms with Gasteiger partial charge in [-0.05, 0) is 6.42 Å². The molecule has 1 N–H and O–H groups in total. The fraction of sp³-hybridized carbons (Fsp3) is 0.500. The van der Waals surface area contributed by atoms with Crippen LogP contribution in [-0.2, 0) is 13.5 Å². The lowest BCUT2D eigenvalue weighted by Crippen LogP contribution is -2.10. The SMILES string of the molecule is CCC(O)Cc1ncnc2c1cnn2C. The van der Waals surface area contributed by atoms with Crippen LogP contribution in [0.5, 0.6) is 0 Å². The smallest absolute Gasteiger partial charge is 0.161 e. The van der Waals surface area contributed by atoms with Crippen molar-refractivity contribution >= 4 is 11.0 Å². The molecular weight excluding hydrogens is 192 g/mol. The molecule has 5 heteroatoms. The van der Waals surface area contributed by atoms with Gasteiger partial charge in [0, 0.05) is 13.5 Å². The van der Waals surface area contributed by atoms with Crippen LogP contribution in [0.4, 0.5) is 0 Å². The molecule has 80 valence electrons. The minimum atomic E-state index is -0.344. The summed E-state index contributed by atoms with van der Waals surface area (Å²) in [4.78, 5) is 8.33. The third-order valence-corrected chi connectivity index (χ3v) is 2.51. The minimum absolute atomic E-state index is 0.344. The Morgan fingerprint density at radius 1 is 1.47 bits per heavy atom. The van der Waals surface area contributed by atoms with Gasteiger partial charge in [-0.15, -0.1) is 0 Å². The van der Waals surface area contributed by atoms with Crippen LogP contribution in [-0.4, -0.2) is 31.0 Å². The van der Waals surface area contributed by atoms with Gasteiger partial charge in [-0.2, -0.15) is 5.10 Å². The summed E-state index contributed by atoms with van der Waals surface area (Å²) in [6, 6.07) is 0. The fourth-order valence-corrected chi connectivity index (χ4v) is 1.54. The van der Waals surface area contributed by atoms with Crippen molar-refractivity contribution in [1.29, 1.82) is 0 Å². The summed E-state index contributed by atoms with van der Waals surface area (Å²) in [6.45, 7) is 1.95. The minimum Gasteiger partial charge on any atom is -0.393 e. The summed E-state index contributed by atoms with van der Waals surface area (Å²) < 4.78 is 1.71. The maximum absolute atomic E-state index is 9.59. The van der Waals surface area contributed by atoms with Crippen LogP contribution in [0.15, 0.2) is 12.5 Å². The van der Waals surface area contributed by atoms with Gasteiger partial charge in [-0.3, -0.25) is 4.68 Å². The summed E-state index contributed by atoms with van der Waals surface area (Å²) >= 11 is 0. The van der Waals surface area contributed by atoms with Crippen LogP contribution in [0.3, 0.4) is 0 Å². The first-order valence-corrected chi connectivity index (χ1v) is 5.02. The molecule has 0 amide bonds. The fourth-order valence-electron chi connectivity index (χ4n) is 1.54. The number of rotatable bonds is 3. The van der Waals surface area contributed by atoms with Crippen LogP contribution in [0.25, 0.3) is 11.0 Å². The summed E-state index contributed by atoms with van der Waals surface area (Å²) in [6.07, 6.45) is 4.20. The predicted molar refractivity (Wildman–Crippen MR) is 56.3 cm³/mol. The molecule has 0 radical (unpaired) electrons. The van der Waals surface area contributed by atoms with Crippen molar-refractivity contribution in [2.75, 3.05) is 0 Å². The average molecular weight is 206 g/mol. The number of aliphatic hydroxyl groups is 1. The van der Waals surface area contributed by atoms with Crippen LogP contribution in [0.1, 0.15) is 19.0 Å². The van der Waals surface area contributed by atoms with E-state index < -0.39 is 0 Å². The Hall–Kier alpha value is -1.49. The lowest BCUT2D eigenvalue weighted by molar-refractivity contribution is 0.170. The summed E-state index contributed by atoms with van der Waals surface area (Å²) in [5.74, 6) is 0. The van der Waals surface area contributed by atoms with Crippen molar-refractivity contribution in [1.82, 2.24) is 19.7 Å². The van der Waals surface area contributed by atoms with Crippen molar-refractivity contribution in [3.8, 4) is 0 Å². The van der Waals surface area contributed by atoms with E-state index in [1.807, 2.05) is 14.0 Å². The second kappa shape index (κ2) is 3.94. The summed E-state index contributed by atoms with van der Waals surface area (Å²) in [5.41, 5.74) is 1.67.